The van der Waals surface area contributed by atoms with Crippen LogP contribution in [0.4, 0.5) is 4.39 Å². The van der Waals surface area contributed by atoms with Gasteiger partial charge in [-0.2, -0.15) is 0 Å². The first-order valence-corrected chi connectivity index (χ1v) is 5.93. The highest BCUT2D eigenvalue weighted by Gasteiger charge is 2.10. The monoisotopic (exact) mass is 274 g/mol. The molecule has 1 aromatic carbocycles. The van der Waals surface area contributed by atoms with Gasteiger partial charge in [-0.3, -0.25) is 0 Å². The van der Waals surface area contributed by atoms with E-state index in [9.17, 15) is 9.50 Å². The van der Waals surface area contributed by atoms with Crippen molar-refractivity contribution in [3.63, 3.8) is 0 Å². The maximum Gasteiger partial charge on any atom is 0.137 e. The van der Waals surface area contributed by atoms with Crippen molar-refractivity contribution >= 4 is 15.9 Å². The zero-order valence-electron chi connectivity index (χ0n) is 9.00. The van der Waals surface area contributed by atoms with Crippen LogP contribution in [0.25, 0.3) is 0 Å². The Morgan fingerprint density at radius 3 is 2.53 bits per heavy atom. The van der Waals surface area contributed by atoms with E-state index in [-0.39, 0.29) is 5.82 Å². The lowest BCUT2D eigenvalue weighted by Crippen LogP contribution is -2.00. The van der Waals surface area contributed by atoms with Gasteiger partial charge in [-0.25, -0.2) is 4.39 Å². The van der Waals surface area contributed by atoms with E-state index in [4.69, 9.17) is 0 Å². The third-order valence-electron chi connectivity index (χ3n) is 2.35. The van der Waals surface area contributed by atoms with E-state index in [1.54, 1.807) is 12.1 Å². The molecule has 0 saturated carbocycles. The van der Waals surface area contributed by atoms with Crippen LogP contribution in [-0.2, 0) is 0 Å². The maximum atomic E-state index is 12.9. The molecule has 0 aliphatic heterocycles. The first kappa shape index (κ1) is 12.7. The van der Waals surface area contributed by atoms with E-state index in [1.807, 2.05) is 0 Å². The van der Waals surface area contributed by atoms with Crippen LogP contribution in [0.3, 0.4) is 0 Å². The van der Waals surface area contributed by atoms with Gasteiger partial charge in [0.25, 0.3) is 0 Å². The second-order valence-corrected chi connectivity index (χ2v) is 5.01. The van der Waals surface area contributed by atoms with E-state index < -0.39 is 6.10 Å². The van der Waals surface area contributed by atoms with Gasteiger partial charge < -0.3 is 5.11 Å². The minimum Gasteiger partial charge on any atom is -0.388 e. The molecule has 1 rings (SSSR count). The summed E-state index contributed by atoms with van der Waals surface area (Å²) >= 11 is 3.11. The van der Waals surface area contributed by atoms with Gasteiger partial charge in [0.1, 0.15) is 5.82 Å². The molecule has 0 aromatic heterocycles. The first-order chi connectivity index (χ1) is 7.00. The summed E-state index contributed by atoms with van der Waals surface area (Å²) in [6.45, 7) is 4.24. The van der Waals surface area contributed by atoms with Crippen molar-refractivity contribution in [2.45, 2.75) is 32.8 Å². The van der Waals surface area contributed by atoms with E-state index in [1.165, 1.54) is 6.07 Å². The highest BCUT2D eigenvalue weighted by Crippen LogP contribution is 2.25. The summed E-state index contributed by atoms with van der Waals surface area (Å²) in [5, 5.41) is 9.84. The highest BCUT2D eigenvalue weighted by atomic mass is 79.9. The Hall–Kier alpha value is -0.410. The molecule has 84 valence electrons. The quantitative estimate of drug-likeness (QED) is 0.878. The third kappa shape index (κ3) is 3.92. The van der Waals surface area contributed by atoms with Crippen molar-refractivity contribution in [3.05, 3.63) is 34.1 Å². The van der Waals surface area contributed by atoms with E-state index in [0.717, 1.165) is 18.4 Å². The van der Waals surface area contributed by atoms with Gasteiger partial charge in [-0.05, 0) is 52.4 Å². The third-order valence-corrected chi connectivity index (χ3v) is 2.95. The van der Waals surface area contributed by atoms with Crippen LogP contribution in [0.1, 0.15) is 38.4 Å². The van der Waals surface area contributed by atoms with Gasteiger partial charge in [0.2, 0.25) is 0 Å². The fraction of sp³-hybridized carbons (Fsp3) is 0.500. The van der Waals surface area contributed by atoms with Crippen molar-refractivity contribution in [1.82, 2.24) is 0 Å². The van der Waals surface area contributed by atoms with E-state index >= 15 is 0 Å². The molecule has 1 nitrogen and oxygen atoms in total. The lowest BCUT2D eigenvalue weighted by molar-refractivity contribution is 0.159. The molecule has 0 aliphatic carbocycles. The Morgan fingerprint density at radius 1 is 1.33 bits per heavy atom. The molecule has 1 aromatic rings. The van der Waals surface area contributed by atoms with Crippen LogP contribution < -0.4 is 0 Å². The summed E-state index contributed by atoms with van der Waals surface area (Å²) in [6, 6.07) is 4.64. The highest BCUT2D eigenvalue weighted by molar-refractivity contribution is 9.10. The summed E-state index contributed by atoms with van der Waals surface area (Å²) < 4.78 is 13.4. The lowest BCUT2D eigenvalue weighted by Gasteiger charge is -2.12. The largest absolute Gasteiger partial charge is 0.388 e. The predicted molar refractivity (Wildman–Crippen MR) is 63.1 cm³/mol. The topological polar surface area (TPSA) is 20.2 Å². The second-order valence-electron chi connectivity index (χ2n) is 4.16. The molecular weight excluding hydrogens is 259 g/mol. The Bertz CT molecular complexity index is 325. The van der Waals surface area contributed by atoms with Crippen molar-refractivity contribution < 1.29 is 9.50 Å². The van der Waals surface area contributed by atoms with Crippen LogP contribution in [0.2, 0.25) is 0 Å². The van der Waals surface area contributed by atoms with Crippen molar-refractivity contribution in [2.24, 2.45) is 5.92 Å². The number of aliphatic hydroxyl groups is 1. The molecule has 0 bridgehead atoms. The van der Waals surface area contributed by atoms with Gasteiger partial charge in [-0.15, -0.1) is 0 Å². The Kier molecular flexibility index (Phi) is 4.74. The van der Waals surface area contributed by atoms with Gasteiger partial charge in [-0.1, -0.05) is 19.9 Å². The molecule has 0 heterocycles. The minimum absolute atomic E-state index is 0.296. The number of hydrogen-bond acceptors (Lipinski definition) is 1. The SMILES string of the molecule is CC(C)CCC(O)c1ccc(F)c(Br)c1. The number of halogens is 2. The lowest BCUT2D eigenvalue weighted by atomic mass is 10.00. The molecule has 0 radical (unpaired) electrons. The van der Waals surface area contributed by atoms with Crippen molar-refractivity contribution in [1.29, 1.82) is 0 Å². The van der Waals surface area contributed by atoms with Crippen LogP contribution in [-0.4, -0.2) is 5.11 Å². The Morgan fingerprint density at radius 2 is 2.00 bits per heavy atom. The standard InChI is InChI=1S/C12H16BrFO/c1-8(2)3-6-12(15)9-4-5-11(14)10(13)7-9/h4-5,7-8,12,15H,3,6H2,1-2H3. The smallest absolute Gasteiger partial charge is 0.137 e. The molecule has 1 N–H and O–H groups in total. The maximum absolute atomic E-state index is 12.9. The number of rotatable bonds is 4. The van der Waals surface area contributed by atoms with E-state index in [0.29, 0.717) is 10.4 Å². The van der Waals surface area contributed by atoms with E-state index in [2.05, 4.69) is 29.8 Å². The minimum atomic E-state index is -0.496. The predicted octanol–water partition coefficient (Wildman–Crippen LogP) is 4.06. The fourth-order valence-electron chi connectivity index (χ4n) is 1.38. The van der Waals surface area contributed by atoms with Gasteiger partial charge in [0.15, 0.2) is 0 Å². The van der Waals surface area contributed by atoms with Crippen LogP contribution in [0, 0.1) is 11.7 Å². The molecule has 0 fully saturated rings. The normalized spacial score (nSPS) is 13.2. The molecule has 0 saturated heterocycles. The second kappa shape index (κ2) is 5.61. The van der Waals surface area contributed by atoms with Gasteiger partial charge in [0, 0.05) is 0 Å². The van der Waals surface area contributed by atoms with Gasteiger partial charge in [0.05, 0.1) is 10.6 Å². The van der Waals surface area contributed by atoms with Crippen LogP contribution in [0.15, 0.2) is 22.7 Å². The molecule has 1 unspecified atom stereocenters. The fourth-order valence-corrected chi connectivity index (χ4v) is 1.77. The molecule has 15 heavy (non-hydrogen) atoms. The molecular formula is C12H16BrFO. The van der Waals surface area contributed by atoms with Crippen molar-refractivity contribution in [2.75, 3.05) is 0 Å². The summed E-state index contributed by atoms with van der Waals surface area (Å²) in [6.07, 6.45) is 1.19. The average Bonchev–Trinajstić information content (AvgIpc) is 2.18. The summed E-state index contributed by atoms with van der Waals surface area (Å²) in [4.78, 5) is 0. The molecule has 0 spiro atoms. The number of aliphatic hydroxyl groups excluding tert-OH is 1. The van der Waals surface area contributed by atoms with Crippen LogP contribution in [0.5, 0.6) is 0 Å². The molecule has 0 aliphatic rings. The first-order valence-electron chi connectivity index (χ1n) is 5.13. The summed E-state index contributed by atoms with van der Waals surface area (Å²) in [5.41, 5.74) is 0.768. The zero-order valence-corrected chi connectivity index (χ0v) is 10.6. The molecule has 0 amide bonds. The van der Waals surface area contributed by atoms with Gasteiger partial charge >= 0.3 is 0 Å². The number of benzene rings is 1. The summed E-state index contributed by atoms with van der Waals surface area (Å²) in [7, 11) is 0. The van der Waals surface area contributed by atoms with Crippen LogP contribution >= 0.6 is 15.9 Å². The zero-order chi connectivity index (χ0) is 11.4. The molecule has 1 atom stereocenters. The Labute approximate surface area is 98.4 Å². The van der Waals surface area contributed by atoms with Crippen molar-refractivity contribution in [3.8, 4) is 0 Å². The number of hydrogen-bond donors (Lipinski definition) is 1. The summed E-state index contributed by atoms with van der Waals surface area (Å²) in [5.74, 6) is 0.276. The molecule has 3 heteroatoms. The average molecular weight is 275 g/mol. The Balaban J connectivity index is 2.65.